The van der Waals surface area contributed by atoms with Gasteiger partial charge in [0, 0.05) is 18.1 Å². The van der Waals surface area contributed by atoms with E-state index in [1.54, 1.807) is 20.8 Å². The lowest BCUT2D eigenvalue weighted by Gasteiger charge is -2.30. The Kier molecular flexibility index (Phi) is 6.88. The summed E-state index contributed by atoms with van der Waals surface area (Å²) in [5.74, 6) is -1.56. The summed E-state index contributed by atoms with van der Waals surface area (Å²) >= 11 is 5.80. The van der Waals surface area contributed by atoms with Gasteiger partial charge in [0.1, 0.15) is 5.60 Å². The zero-order chi connectivity index (χ0) is 20.2. The molecule has 9 heteroatoms. The number of benzene rings is 1. The number of carbonyl (C=O) groups excluding carboxylic acids is 2. The van der Waals surface area contributed by atoms with Gasteiger partial charge < -0.3 is 9.47 Å². The third-order valence-electron chi connectivity index (χ3n) is 3.99. The van der Waals surface area contributed by atoms with Crippen molar-refractivity contribution in [2.75, 3.05) is 19.7 Å². The first-order valence-electron chi connectivity index (χ1n) is 8.63. The number of piperidine rings is 1. The quantitative estimate of drug-likeness (QED) is 0.684. The highest BCUT2D eigenvalue weighted by molar-refractivity contribution is 7.89. The molecule has 1 fully saturated rings. The highest BCUT2D eigenvalue weighted by Gasteiger charge is 2.33. The van der Waals surface area contributed by atoms with E-state index in [2.05, 4.69) is 0 Å². The van der Waals surface area contributed by atoms with Crippen LogP contribution >= 0.6 is 11.6 Å². The van der Waals surface area contributed by atoms with Crippen LogP contribution in [-0.2, 0) is 29.1 Å². The summed E-state index contributed by atoms with van der Waals surface area (Å²) in [4.78, 5) is 23.9. The minimum atomic E-state index is -3.63. The second-order valence-corrected chi connectivity index (χ2v) is 9.70. The highest BCUT2D eigenvalue weighted by atomic mass is 35.5. The van der Waals surface area contributed by atoms with E-state index >= 15 is 0 Å². The van der Waals surface area contributed by atoms with Gasteiger partial charge in [-0.05, 0) is 57.9 Å². The maximum absolute atomic E-state index is 12.6. The van der Waals surface area contributed by atoms with Crippen molar-refractivity contribution >= 4 is 33.6 Å². The van der Waals surface area contributed by atoms with Gasteiger partial charge in [0.15, 0.2) is 6.61 Å². The molecule has 0 amide bonds. The number of hydrogen-bond acceptors (Lipinski definition) is 6. The molecule has 1 saturated heterocycles. The molecule has 1 heterocycles. The lowest BCUT2D eigenvalue weighted by atomic mass is 9.98. The average molecular weight is 418 g/mol. The van der Waals surface area contributed by atoms with Crippen molar-refractivity contribution < 1.29 is 27.5 Å². The number of hydrogen-bond donors (Lipinski definition) is 0. The molecule has 0 unspecified atom stereocenters. The fourth-order valence-corrected chi connectivity index (χ4v) is 4.30. The molecule has 0 aromatic heterocycles. The number of ether oxygens (including phenoxy) is 2. The number of esters is 2. The van der Waals surface area contributed by atoms with Crippen molar-refractivity contribution in [2.24, 2.45) is 5.92 Å². The zero-order valence-electron chi connectivity index (χ0n) is 15.6. The van der Waals surface area contributed by atoms with Crippen molar-refractivity contribution in [1.29, 1.82) is 0 Å². The molecule has 0 saturated carbocycles. The molecule has 0 spiro atoms. The van der Waals surface area contributed by atoms with E-state index in [0.717, 1.165) is 0 Å². The van der Waals surface area contributed by atoms with E-state index < -0.39 is 40.1 Å². The smallest absolute Gasteiger partial charge is 0.344 e. The highest BCUT2D eigenvalue weighted by Crippen LogP contribution is 2.25. The molecule has 0 aliphatic carbocycles. The van der Waals surface area contributed by atoms with Gasteiger partial charge >= 0.3 is 11.9 Å². The summed E-state index contributed by atoms with van der Waals surface area (Å²) < 4.78 is 36.7. The number of rotatable bonds is 5. The van der Waals surface area contributed by atoms with Crippen LogP contribution in [0.5, 0.6) is 0 Å². The second kappa shape index (κ2) is 8.58. The normalized spacial score (nSPS) is 16.7. The fourth-order valence-electron chi connectivity index (χ4n) is 2.71. The van der Waals surface area contributed by atoms with Crippen molar-refractivity contribution in [3.8, 4) is 0 Å². The fraction of sp³-hybridized carbons (Fsp3) is 0.556. The van der Waals surface area contributed by atoms with Crippen LogP contribution < -0.4 is 0 Å². The first kappa shape index (κ1) is 21.7. The molecule has 1 aliphatic heterocycles. The predicted molar refractivity (Wildman–Crippen MR) is 99.7 cm³/mol. The minimum absolute atomic E-state index is 0.165. The molecule has 1 aromatic carbocycles. The molecular formula is C18H24ClNO6S. The van der Waals surface area contributed by atoms with E-state index in [0.29, 0.717) is 17.9 Å². The molecule has 1 aromatic rings. The molecule has 0 radical (unpaired) electrons. The maximum Gasteiger partial charge on any atom is 0.344 e. The number of sulfonamides is 1. The maximum atomic E-state index is 12.6. The third-order valence-corrected chi connectivity index (χ3v) is 6.16. The molecule has 27 heavy (non-hydrogen) atoms. The van der Waals surface area contributed by atoms with Gasteiger partial charge in [-0.2, -0.15) is 4.31 Å². The van der Waals surface area contributed by atoms with Gasteiger partial charge in [-0.15, -0.1) is 0 Å². The Hall–Kier alpha value is -1.64. The van der Waals surface area contributed by atoms with E-state index in [4.69, 9.17) is 21.1 Å². The summed E-state index contributed by atoms with van der Waals surface area (Å²) in [6, 6.07) is 5.96. The molecule has 150 valence electrons. The molecule has 0 atom stereocenters. The monoisotopic (exact) mass is 417 g/mol. The largest absolute Gasteiger partial charge is 0.457 e. The van der Waals surface area contributed by atoms with Crippen LogP contribution in [0.2, 0.25) is 5.02 Å². The summed E-state index contributed by atoms with van der Waals surface area (Å²) in [7, 11) is -3.63. The van der Waals surface area contributed by atoms with Gasteiger partial charge in [-0.25, -0.2) is 13.2 Å². The van der Waals surface area contributed by atoms with Gasteiger partial charge in [0.05, 0.1) is 10.8 Å². The Morgan fingerprint density at radius 3 is 2.22 bits per heavy atom. The predicted octanol–water partition coefficient (Wildman–Crippen LogP) is 2.63. The molecule has 0 N–H and O–H groups in total. The summed E-state index contributed by atoms with van der Waals surface area (Å²) in [5, 5.41) is 0.459. The second-order valence-electron chi connectivity index (χ2n) is 7.33. The van der Waals surface area contributed by atoms with E-state index in [1.807, 2.05) is 0 Å². The Morgan fingerprint density at radius 1 is 1.15 bits per heavy atom. The number of carbonyl (C=O) groups is 2. The molecule has 7 nitrogen and oxygen atoms in total. The van der Waals surface area contributed by atoms with E-state index in [-0.39, 0.29) is 18.0 Å². The summed E-state index contributed by atoms with van der Waals surface area (Å²) in [5.41, 5.74) is -0.648. The lowest BCUT2D eigenvalue weighted by molar-refractivity contribution is -0.168. The van der Waals surface area contributed by atoms with Crippen molar-refractivity contribution in [1.82, 2.24) is 4.31 Å². The van der Waals surface area contributed by atoms with Crippen LogP contribution in [-0.4, -0.2) is 50.0 Å². The van der Waals surface area contributed by atoms with Gasteiger partial charge in [0.2, 0.25) is 10.0 Å². The average Bonchev–Trinajstić information content (AvgIpc) is 2.58. The van der Waals surface area contributed by atoms with Crippen LogP contribution in [0.1, 0.15) is 33.6 Å². The minimum Gasteiger partial charge on any atom is -0.457 e. The summed E-state index contributed by atoms with van der Waals surface area (Å²) in [6.45, 7) is 5.14. The van der Waals surface area contributed by atoms with Gasteiger partial charge in [-0.3, -0.25) is 4.79 Å². The Balaban J connectivity index is 1.86. The first-order chi connectivity index (χ1) is 12.5. The SMILES string of the molecule is CC(C)(C)OC(=O)COC(=O)C1CCN(S(=O)(=O)c2ccc(Cl)cc2)CC1. The molecule has 1 aliphatic rings. The van der Waals surface area contributed by atoms with E-state index in [1.165, 1.54) is 28.6 Å². The first-order valence-corrected chi connectivity index (χ1v) is 10.4. The van der Waals surface area contributed by atoms with Crippen molar-refractivity contribution in [3.05, 3.63) is 29.3 Å². The van der Waals surface area contributed by atoms with Crippen LogP contribution in [0.25, 0.3) is 0 Å². The summed E-state index contributed by atoms with van der Waals surface area (Å²) in [6.07, 6.45) is 0.667. The van der Waals surface area contributed by atoms with Gasteiger partial charge in [-0.1, -0.05) is 11.6 Å². The molecule has 0 bridgehead atoms. The van der Waals surface area contributed by atoms with Gasteiger partial charge in [0.25, 0.3) is 0 Å². The van der Waals surface area contributed by atoms with Crippen molar-refractivity contribution in [2.45, 2.75) is 44.1 Å². The molecular weight excluding hydrogens is 394 g/mol. The van der Waals surface area contributed by atoms with Crippen LogP contribution in [0.4, 0.5) is 0 Å². The van der Waals surface area contributed by atoms with E-state index in [9.17, 15) is 18.0 Å². The Labute approximate surface area is 164 Å². The standard InChI is InChI=1S/C18H24ClNO6S/c1-18(2,3)26-16(21)12-25-17(22)13-8-10-20(11-9-13)27(23,24)15-6-4-14(19)5-7-15/h4-7,13H,8-12H2,1-3H3. The Bertz CT molecular complexity index is 777. The Morgan fingerprint density at radius 2 is 1.70 bits per heavy atom. The number of halogens is 1. The zero-order valence-corrected chi connectivity index (χ0v) is 17.2. The van der Waals surface area contributed by atoms with Crippen LogP contribution in [0.15, 0.2) is 29.2 Å². The third kappa shape index (κ3) is 6.19. The van der Waals surface area contributed by atoms with Crippen LogP contribution in [0, 0.1) is 5.92 Å². The van der Waals surface area contributed by atoms with Crippen molar-refractivity contribution in [3.63, 3.8) is 0 Å². The number of nitrogens with zero attached hydrogens (tertiary/aromatic N) is 1. The topological polar surface area (TPSA) is 90.0 Å². The van der Waals surface area contributed by atoms with Crippen LogP contribution in [0.3, 0.4) is 0 Å². The lowest BCUT2D eigenvalue weighted by Crippen LogP contribution is -2.41. The molecule has 2 rings (SSSR count).